The van der Waals surface area contributed by atoms with E-state index < -0.39 is 43.0 Å². The second-order valence-electron chi connectivity index (χ2n) is 8.28. The van der Waals surface area contributed by atoms with Crippen LogP contribution in [0.2, 0.25) is 15.2 Å². The number of hydrogen-bond acceptors (Lipinski definition) is 5. The maximum Gasteiger partial charge on any atom is 0.416 e. The first kappa shape index (κ1) is 28.1. The highest BCUT2D eigenvalue weighted by Gasteiger charge is 2.39. The first-order valence-electron chi connectivity index (χ1n) is 10.9. The fourth-order valence-electron chi connectivity index (χ4n) is 3.73. The minimum atomic E-state index is -5.00. The molecule has 2 aromatic carbocycles. The monoisotopic (exact) mass is 593 g/mol. The Labute approximate surface area is 227 Å². The Morgan fingerprint density at radius 1 is 1.00 bits per heavy atom. The molecule has 0 aliphatic carbocycles. The van der Waals surface area contributed by atoms with Crippen molar-refractivity contribution in [2.75, 3.05) is 0 Å². The van der Waals surface area contributed by atoms with Gasteiger partial charge < -0.3 is 10.2 Å². The van der Waals surface area contributed by atoms with Crippen LogP contribution < -0.4 is 5.69 Å². The van der Waals surface area contributed by atoms with Gasteiger partial charge in [-0.1, -0.05) is 46.9 Å². The van der Waals surface area contributed by atoms with Crippen molar-refractivity contribution in [3.63, 3.8) is 0 Å². The number of aliphatic hydroxyl groups is 2. The highest BCUT2D eigenvalue weighted by molar-refractivity contribution is 6.32. The molecule has 0 radical (unpaired) electrons. The molecule has 4 aromatic rings. The molecule has 0 amide bonds. The minimum absolute atomic E-state index is 0.0179. The molecule has 0 aliphatic heterocycles. The molecule has 4 rings (SSSR count). The number of aromatic nitrogens is 5. The zero-order chi connectivity index (χ0) is 27.9. The van der Waals surface area contributed by atoms with Crippen LogP contribution in [0, 0.1) is 5.82 Å². The Hall–Kier alpha value is -2.90. The van der Waals surface area contributed by atoms with Crippen LogP contribution >= 0.6 is 34.8 Å². The van der Waals surface area contributed by atoms with Crippen molar-refractivity contribution in [2.24, 2.45) is 0 Å². The lowest BCUT2D eigenvalue weighted by Crippen LogP contribution is -2.37. The zero-order valence-corrected chi connectivity index (χ0v) is 21.6. The Bertz CT molecular complexity index is 1510. The molecule has 0 unspecified atom stereocenters. The van der Waals surface area contributed by atoms with E-state index in [1.807, 2.05) is 0 Å². The van der Waals surface area contributed by atoms with Gasteiger partial charge in [-0.25, -0.2) is 18.9 Å². The van der Waals surface area contributed by atoms with Gasteiger partial charge in [-0.2, -0.15) is 13.2 Å². The summed E-state index contributed by atoms with van der Waals surface area (Å²) < 4.78 is 56.1. The highest BCUT2D eigenvalue weighted by atomic mass is 35.5. The Kier molecular flexibility index (Phi) is 7.91. The Balaban J connectivity index is 1.83. The third-order valence-corrected chi connectivity index (χ3v) is 6.31. The van der Waals surface area contributed by atoms with Gasteiger partial charge in [0, 0.05) is 15.6 Å². The number of rotatable bonds is 7. The molecule has 15 heteroatoms. The summed E-state index contributed by atoms with van der Waals surface area (Å²) in [7, 11) is 0. The molecule has 202 valence electrons. The Morgan fingerprint density at radius 2 is 1.66 bits per heavy atom. The predicted molar refractivity (Wildman–Crippen MR) is 132 cm³/mol. The molecule has 0 saturated heterocycles. The molecule has 2 heterocycles. The summed E-state index contributed by atoms with van der Waals surface area (Å²) in [6, 6.07) is 9.38. The number of imidazole rings is 1. The number of alkyl halides is 3. The summed E-state index contributed by atoms with van der Waals surface area (Å²) in [5.74, 6) is -0.759. The number of nitrogens with zero attached hydrogens (tertiary/aromatic N) is 5. The molecular weight excluding hydrogens is 577 g/mol. The molecular formula is C23H18Cl3F4N5O3. The topological polar surface area (TPSA) is 98.1 Å². The summed E-state index contributed by atoms with van der Waals surface area (Å²) in [5, 5.41) is 24.3. The van der Waals surface area contributed by atoms with E-state index in [1.165, 1.54) is 37.3 Å². The van der Waals surface area contributed by atoms with Gasteiger partial charge in [0.05, 0.1) is 24.5 Å². The average Bonchev–Trinajstić information content (AvgIpc) is 3.34. The van der Waals surface area contributed by atoms with E-state index in [0.29, 0.717) is 9.59 Å². The fourth-order valence-corrected chi connectivity index (χ4v) is 4.41. The first-order valence-corrected chi connectivity index (χ1v) is 12.0. The van der Waals surface area contributed by atoms with Crippen LogP contribution in [0.5, 0.6) is 0 Å². The van der Waals surface area contributed by atoms with E-state index in [1.54, 1.807) is 0 Å². The molecule has 0 aliphatic rings. The van der Waals surface area contributed by atoms with Gasteiger partial charge in [0.1, 0.15) is 17.1 Å². The van der Waals surface area contributed by atoms with Crippen molar-refractivity contribution in [3.8, 4) is 16.9 Å². The minimum Gasteiger partial charge on any atom is -0.385 e. The van der Waals surface area contributed by atoms with Gasteiger partial charge in [-0.05, 0) is 37.3 Å². The molecule has 2 atom stereocenters. The second kappa shape index (κ2) is 10.7. The number of benzene rings is 2. The molecule has 38 heavy (non-hydrogen) atoms. The van der Waals surface area contributed by atoms with Crippen LogP contribution in [0.4, 0.5) is 17.6 Å². The van der Waals surface area contributed by atoms with E-state index in [0.717, 1.165) is 21.4 Å². The molecule has 8 nitrogen and oxygen atoms in total. The smallest absolute Gasteiger partial charge is 0.385 e. The largest absolute Gasteiger partial charge is 0.416 e. The van der Waals surface area contributed by atoms with Crippen LogP contribution in [0.25, 0.3) is 16.9 Å². The third kappa shape index (κ3) is 5.74. The van der Waals surface area contributed by atoms with Crippen molar-refractivity contribution >= 4 is 34.8 Å². The second-order valence-corrected chi connectivity index (χ2v) is 9.52. The van der Waals surface area contributed by atoms with Crippen LogP contribution in [0.1, 0.15) is 24.7 Å². The van der Waals surface area contributed by atoms with E-state index in [9.17, 15) is 32.6 Å². The van der Waals surface area contributed by atoms with Gasteiger partial charge >= 0.3 is 11.9 Å². The summed E-state index contributed by atoms with van der Waals surface area (Å²) in [4.78, 5) is 17.5. The summed E-state index contributed by atoms with van der Waals surface area (Å²) in [6.45, 7) is -0.170. The van der Waals surface area contributed by atoms with E-state index in [-0.39, 0.29) is 38.8 Å². The Morgan fingerprint density at radius 3 is 2.24 bits per heavy atom. The molecule has 2 aromatic heterocycles. The van der Waals surface area contributed by atoms with Gasteiger partial charge in [-0.15, -0.1) is 5.10 Å². The van der Waals surface area contributed by atoms with Crippen molar-refractivity contribution in [3.05, 3.63) is 85.6 Å². The van der Waals surface area contributed by atoms with Crippen molar-refractivity contribution in [2.45, 2.75) is 38.4 Å². The molecule has 0 saturated carbocycles. The van der Waals surface area contributed by atoms with Crippen LogP contribution in [-0.2, 0) is 13.1 Å². The van der Waals surface area contributed by atoms with Crippen LogP contribution in [0.15, 0.2) is 47.3 Å². The number of halogens is 7. The van der Waals surface area contributed by atoms with E-state index in [4.69, 9.17) is 34.8 Å². The normalized spacial score (nSPS) is 13.6. The average molecular weight is 595 g/mol. The molecule has 0 spiro atoms. The standard InChI is InChI=1S/C23H18Cl3F4N5O3/c1-11(36)21-31-18(32-35(21)16-7-14(25)6-15(27)8-16)10-34-20(26)19(12-2-4-13(24)5-3-12)33(22(34)38)9-17(37)23(28,29)30/h2-8,11,17,36-37H,9-10H2,1H3/t11-,17-/m0/s1. The van der Waals surface area contributed by atoms with Crippen molar-refractivity contribution in [1.82, 2.24) is 23.9 Å². The molecule has 2 N–H and O–H groups in total. The summed E-state index contributed by atoms with van der Waals surface area (Å²) in [6.07, 6.45) is -9.03. The van der Waals surface area contributed by atoms with E-state index >= 15 is 0 Å². The summed E-state index contributed by atoms with van der Waals surface area (Å²) in [5.41, 5.74) is -0.672. The van der Waals surface area contributed by atoms with Gasteiger partial charge in [0.25, 0.3) is 0 Å². The van der Waals surface area contributed by atoms with Crippen LogP contribution in [-0.4, -0.2) is 46.4 Å². The van der Waals surface area contributed by atoms with Crippen molar-refractivity contribution < 1.29 is 27.8 Å². The zero-order valence-electron chi connectivity index (χ0n) is 19.3. The highest BCUT2D eigenvalue weighted by Crippen LogP contribution is 2.31. The first-order chi connectivity index (χ1) is 17.8. The summed E-state index contributed by atoms with van der Waals surface area (Å²) >= 11 is 18.3. The fraction of sp³-hybridized carbons (Fsp3) is 0.261. The molecule has 0 bridgehead atoms. The van der Waals surface area contributed by atoms with Crippen LogP contribution in [0.3, 0.4) is 0 Å². The van der Waals surface area contributed by atoms with Crippen molar-refractivity contribution in [1.29, 1.82) is 0 Å². The lowest BCUT2D eigenvalue weighted by Gasteiger charge is -2.16. The van der Waals surface area contributed by atoms with Gasteiger partial charge in [0.15, 0.2) is 17.8 Å². The van der Waals surface area contributed by atoms with Gasteiger partial charge in [0.2, 0.25) is 0 Å². The van der Waals surface area contributed by atoms with Gasteiger partial charge in [-0.3, -0.25) is 9.13 Å². The lowest BCUT2D eigenvalue weighted by molar-refractivity contribution is -0.207. The SMILES string of the molecule is C[C@H](O)c1nc(Cn2c(Cl)c(-c3ccc(Cl)cc3)n(C[C@H](O)C(F)(F)F)c2=O)nn1-c1cc(F)cc(Cl)c1. The quantitative estimate of drug-likeness (QED) is 0.293. The third-order valence-electron chi connectivity index (χ3n) is 5.46. The number of hydrogen-bond donors (Lipinski definition) is 2. The molecule has 0 fully saturated rings. The maximum atomic E-state index is 13.9. The predicted octanol–water partition coefficient (Wildman–Crippen LogP) is 5.02. The number of aliphatic hydroxyl groups excluding tert-OH is 2. The lowest BCUT2D eigenvalue weighted by atomic mass is 10.1. The van der Waals surface area contributed by atoms with E-state index in [2.05, 4.69) is 10.1 Å². The maximum absolute atomic E-state index is 13.9.